The number of rotatable bonds is 6. The maximum atomic E-state index is 12.5. The molecule has 1 aromatic heterocycles. The molecule has 6 nitrogen and oxygen atoms in total. The molecule has 0 spiro atoms. The Morgan fingerprint density at radius 2 is 2.11 bits per heavy atom. The van der Waals surface area contributed by atoms with Gasteiger partial charge in [-0.1, -0.05) is 13.8 Å². The molecule has 0 amide bonds. The standard InChI is InChI=1S/C11H22N4O2S/c1-5-11(3,8-12)15(6-2)18(16,17)10-7-14(4)9-13-10/h7,9H,5-6,8,12H2,1-4H3. The molecule has 2 N–H and O–H groups in total. The quantitative estimate of drug-likeness (QED) is 0.821. The second-order valence-corrected chi connectivity index (χ2v) is 6.41. The fourth-order valence-corrected chi connectivity index (χ4v) is 3.73. The Balaban J connectivity index is 3.24. The van der Waals surface area contributed by atoms with Gasteiger partial charge in [-0.05, 0) is 13.3 Å². The molecule has 0 aliphatic carbocycles. The molecular formula is C11H22N4O2S. The van der Waals surface area contributed by atoms with Gasteiger partial charge in [0.05, 0.1) is 6.33 Å². The van der Waals surface area contributed by atoms with Crippen LogP contribution in [-0.2, 0) is 17.1 Å². The summed E-state index contributed by atoms with van der Waals surface area (Å²) >= 11 is 0. The van der Waals surface area contributed by atoms with Crippen molar-refractivity contribution in [2.75, 3.05) is 13.1 Å². The molecule has 0 aliphatic heterocycles. The van der Waals surface area contributed by atoms with Crippen molar-refractivity contribution in [1.29, 1.82) is 0 Å². The van der Waals surface area contributed by atoms with Crippen LogP contribution >= 0.6 is 0 Å². The Bertz CT molecular complexity index is 491. The third-order valence-corrected chi connectivity index (χ3v) is 5.34. The molecule has 1 heterocycles. The van der Waals surface area contributed by atoms with E-state index >= 15 is 0 Å². The van der Waals surface area contributed by atoms with Crippen LogP contribution in [0.2, 0.25) is 0 Å². The molecule has 1 aromatic rings. The lowest BCUT2D eigenvalue weighted by atomic mass is 9.99. The molecular weight excluding hydrogens is 252 g/mol. The number of aryl methyl sites for hydroxylation is 1. The first kappa shape index (κ1) is 15.1. The highest BCUT2D eigenvalue weighted by molar-refractivity contribution is 7.89. The minimum atomic E-state index is -3.59. The van der Waals surface area contributed by atoms with E-state index in [4.69, 9.17) is 5.73 Å². The number of nitrogens with two attached hydrogens (primary N) is 1. The lowest BCUT2D eigenvalue weighted by Gasteiger charge is -2.37. The van der Waals surface area contributed by atoms with Gasteiger partial charge in [-0.25, -0.2) is 13.4 Å². The van der Waals surface area contributed by atoms with Gasteiger partial charge in [-0.2, -0.15) is 4.31 Å². The van der Waals surface area contributed by atoms with E-state index in [1.807, 2.05) is 20.8 Å². The number of likely N-dealkylation sites (N-methyl/N-ethyl adjacent to an activating group) is 1. The normalized spacial score (nSPS) is 15.9. The van der Waals surface area contributed by atoms with Gasteiger partial charge in [0.1, 0.15) is 0 Å². The molecule has 0 fully saturated rings. The largest absolute Gasteiger partial charge is 0.339 e. The Morgan fingerprint density at radius 3 is 2.44 bits per heavy atom. The molecule has 7 heteroatoms. The second-order valence-electron chi connectivity index (χ2n) is 4.60. The molecule has 0 saturated heterocycles. The first-order valence-corrected chi connectivity index (χ1v) is 7.46. The van der Waals surface area contributed by atoms with Crippen LogP contribution in [0.15, 0.2) is 17.6 Å². The summed E-state index contributed by atoms with van der Waals surface area (Å²) in [6.45, 7) is 6.26. The molecule has 0 aromatic carbocycles. The molecule has 104 valence electrons. The summed E-state index contributed by atoms with van der Waals surface area (Å²) in [6.07, 6.45) is 3.64. The van der Waals surface area contributed by atoms with Crippen molar-refractivity contribution in [2.24, 2.45) is 12.8 Å². The maximum absolute atomic E-state index is 12.5. The minimum absolute atomic E-state index is 0.0694. The molecule has 18 heavy (non-hydrogen) atoms. The average molecular weight is 274 g/mol. The van der Waals surface area contributed by atoms with Gasteiger partial charge in [0.15, 0.2) is 5.03 Å². The summed E-state index contributed by atoms with van der Waals surface area (Å²) in [7, 11) is -1.85. The van der Waals surface area contributed by atoms with Gasteiger partial charge in [-0.3, -0.25) is 0 Å². The number of sulfonamides is 1. The lowest BCUT2D eigenvalue weighted by molar-refractivity contribution is 0.213. The van der Waals surface area contributed by atoms with Crippen LogP contribution in [0.1, 0.15) is 27.2 Å². The van der Waals surface area contributed by atoms with E-state index < -0.39 is 15.6 Å². The Morgan fingerprint density at radius 1 is 1.50 bits per heavy atom. The van der Waals surface area contributed by atoms with Crippen molar-refractivity contribution < 1.29 is 8.42 Å². The van der Waals surface area contributed by atoms with Crippen molar-refractivity contribution in [3.8, 4) is 0 Å². The van der Waals surface area contributed by atoms with Gasteiger partial charge in [0, 0.05) is 31.9 Å². The van der Waals surface area contributed by atoms with Crippen LogP contribution in [0.5, 0.6) is 0 Å². The zero-order valence-electron chi connectivity index (χ0n) is 11.4. The predicted molar refractivity (Wildman–Crippen MR) is 70.5 cm³/mol. The van der Waals surface area contributed by atoms with E-state index in [1.54, 1.807) is 11.6 Å². The summed E-state index contributed by atoms with van der Waals surface area (Å²) < 4.78 is 28.1. The molecule has 1 atom stereocenters. The van der Waals surface area contributed by atoms with Crippen molar-refractivity contribution in [2.45, 2.75) is 37.8 Å². The van der Waals surface area contributed by atoms with E-state index in [2.05, 4.69) is 4.98 Å². The molecule has 1 unspecified atom stereocenters. The predicted octanol–water partition coefficient (Wildman–Crippen LogP) is 0.558. The van der Waals surface area contributed by atoms with Crippen LogP contribution in [0.25, 0.3) is 0 Å². The average Bonchev–Trinajstić information content (AvgIpc) is 2.76. The zero-order chi connectivity index (χ0) is 14.0. The van der Waals surface area contributed by atoms with Crippen molar-refractivity contribution >= 4 is 10.0 Å². The minimum Gasteiger partial charge on any atom is -0.339 e. The second kappa shape index (κ2) is 5.38. The van der Waals surface area contributed by atoms with Crippen molar-refractivity contribution in [3.63, 3.8) is 0 Å². The molecule has 1 rings (SSSR count). The van der Waals surface area contributed by atoms with E-state index in [1.165, 1.54) is 16.8 Å². The highest BCUT2D eigenvalue weighted by Crippen LogP contribution is 2.25. The summed E-state index contributed by atoms with van der Waals surface area (Å²) in [5, 5.41) is 0.0694. The number of imidazole rings is 1. The van der Waals surface area contributed by atoms with Crippen LogP contribution in [0, 0.1) is 0 Å². The van der Waals surface area contributed by atoms with Crippen molar-refractivity contribution in [1.82, 2.24) is 13.9 Å². The summed E-state index contributed by atoms with van der Waals surface area (Å²) in [5.74, 6) is 0. The van der Waals surface area contributed by atoms with Crippen molar-refractivity contribution in [3.05, 3.63) is 12.5 Å². The zero-order valence-corrected chi connectivity index (χ0v) is 12.2. The SMILES string of the molecule is CCN(C(C)(CC)CN)S(=O)(=O)c1cn(C)cn1. The van der Waals surface area contributed by atoms with Gasteiger partial charge < -0.3 is 10.3 Å². The Labute approximate surface area is 109 Å². The van der Waals surface area contributed by atoms with Crippen LogP contribution in [0.4, 0.5) is 0 Å². The highest BCUT2D eigenvalue weighted by atomic mass is 32.2. The van der Waals surface area contributed by atoms with E-state index in [9.17, 15) is 8.42 Å². The molecule has 0 aliphatic rings. The molecule has 0 bridgehead atoms. The highest BCUT2D eigenvalue weighted by Gasteiger charge is 2.38. The first-order chi connectivity index (χ1) is 8.31. The Kier molecular flexibility index (Phi) is 4.52. The van der Waals surface area contributed by atoms with Gasteiger partial charge in [0.2, 0.25) is 0 Å². The molecule has 0 saturated carbocycles. The maximum Gasteiger partial charge on any atom is 0.262 e. The summed E-state index contributed by atoms with van der Waals surface area (Å²) in [5.41, 5.74) is 5.16. The van der Waals surface area contributed by atoms with E-state index in [0.29, 0.717) is 13.0 Å². The van der Waals surface area contributed by atoms with Gasteiger partial charge in [0.25, 0.3) is 10.0 Å². The van der Waals surface area contributed by atoms with Gasteiger partial charge in [-0.15, -0.1) is 0 Å². The molecule has 0 radical (unpaired) electrons. The number of hydrogen-bond acceptors (Lipinski definition) is 4. The summed E-state index contributed by atoms with van der Waals surface area (Å²) in [6, 6.07) is 0. The first-order valence-electron chi connectivity index (χ1n) is 6.02. The smallest absolute Gasteiger partial charge is 0.262 e. The monoisotopic (exact) mass is 274 g/mol. The topological polar surface area (TPSA) is 81.2 Å². The van der Waals surface area contributed by atoms with Crippen LogP contribution < -0.4 is 5.73 Å². The number of aromatic nitrogens is 2. The number of hydrogen-bond donors (Lipinski definition) is 1. The Hall–Kier alpha value is -0.920. The lowest BCUT2D eigenvalue weighted by Crippen LogP contribution is -2.53. The van der Waals surface area contributed by atoms with Crippen LogP contribution in [0.3, 0.4) is 0 Å². The fourth-order valence-electron chi connectivity index (χ4n) is 1.90. The fraction of sp³-hybridized carbons (Fsp3) is 0.727. The van der Waals surface area contributed by atoms with E-state index in [-0.39, 0.29) is 11.6 Å². The third-order valence-electron chi connectivity index (χ3n) is 3.33. The van der Waals surface area contributed by atoms with E-state index in [0.717, 1.165) is 0 Å². The van der Waals surface area contributed by atoms with Crippen LogP contribution in [-0.4, -0.2) is 40.9 Å². The third kappa shape index (κ3) is 2.57. The summed E-state index contributed by atoms with van der Waals surface area (Å²) in [4.78, 5) is 3.93. The number of nitrogens with zero attached hydrogens (tertiary/aromatic N) is 3. The van der Waals surface area contributed by atoms with Gasteiger partial charge >= 0.3 is 0 Å².